The van der Waals surface area contributed by atoms with Crippen LogP contribution in [0, 0.1) is 5.82 Å². The number of nitrogens with two attached hydrogens (primary N) is 1. The molecule has 1 aromatic carbocycles. The molecule has 0 fully saturated rings. The Labute approximate surface area is 90.2 Å². The predicted molar refractivity (Wildman–Crippen MR) is 59.2 cm³/mol. The highest BCUT2D eigenvalue weighted by atomic mass is 19.1. The van der Waals surface area contributed by atoms with Crippen molar-refractivity contribution in [2.24, 2.45) is 5.73 Å². The second-order valence-corrected chi connectivity index (χ2v) is 4.10. The van der Waals surface area contributed by atoms with E-state index in [9.17, 15) is 4.39 Å². The highest BCUT2D eigenvalue weighted by molar-refractivity contribution is 5.18. The molecule has 15 heavy (non-hydrogen) atoms. The van der Waals surface area contributed by atoms with Gasteiger partial charge in [0.2, 0.25) is 0 Å². The van der Waals surface area contributed by atoms with Crippen LogP contribution in [0.4, 0.5) is 4.39 Å². The molecule has 0 aliphatic rings. The number of rotatable bonds is 5. The average molecular weight is 211 g/mol. The number of halogens is 1. The first-order chi connectivity index (χ1) is 7.03. The molecular formula is C12H18FNO. The molecule has 1 rings (SSSR count). The lowest BCUT2D eigenvalue weighted by Crippen LogP contribution is -2.43. The summed E-state index contributed by atoms with van der Waals surface area (Å²) in [6.07, 6.45) is 0.616. The van der Waals surface area contributed by atoms with Gasteiger partial charge in [0.25, 0.3) is 0 Å². The molecule has 3 heteroatoms. The summed E-state index contributed by atoms with van der Waals surface area (Å²) in [6.45, 7) is 4.97. The lowest BCUT2D eigenvalue weighted by atomic mass is 9.95. The zero-order valence-electron chi connectivity index (χ0n) is 9.29. The topological polar surface area (TPSA) is 35.2 Å². The van der Waals surface area contributed by atoms with Crippen LogP contribution in [0.3, 0.4) is 0 Å². The predicted octanol–water partition coefficient (Wildman–Crippen LogP) is 2.12. The van der Waals surface area contributed by atoms with Gasteiger partial charge in [0.05, 0.1) is 6.61 Å². The van der Waals surface area contributed by atoms with Crippen LogP contribution in [-0.4, -0.2) is 18.8 Å². The third-order valence-electron chi connectivity index (χ3n) is 2.13. The van der Waals surface area contributed by atoms with E-state index in [1.807, 2.05) is 19.9 Å². The van der Waals surface area contributed by atoms with E-state index in [1.165, 1.54) is 12.1 Å². The van der Waals surface area contributed by atoms with Crippen molar-refractivity contribution in [2.75, 3.05) is 13.2 Å². The first kappa shape index (κ1) is 12.1. The van der Waals surface area contributed by atoms with E-state index in [4.69, 9.17) is 10.5 Å². The van der Waals surface area contributed by atoms with Crippen molar-refractivity contribution in [2.45, 2.75) is 25.8 Å². The van der Waals surface area contributed by atoms with Gasteiger partial charge < -0.3 is 10.5 Å². The molecule has 0 radical (unpaired) electrons. The molecule has 0 saturated carbocycles. The van der Waals surface area contributed by atoms with Crippen molar-refractivity contribution < 1.29 is 9.13 Å². The van der Waals surface area contributed by atoms with Crippen molar-refractivity contribution in [1.29, 1.82) is 0 Å². The molecule has 0 aromatic heterocycles. The zero-order valence-corrected chi connectivity index (χ0v) is 9.29. The fraction of sp³-hybridized carbons (Fsp3) is 0.500. The maximum Gasteiger partial charge on any atom is 0.123 e. The van der Waals surface area contributed by atoms with Gasteiger partial charge >= 0.3 is 0 Å². The van der Waals surface area contributed by atoms with E-state index in [-0.39, 0.29) is 5.82 Å². The maximum absolute atomic E-state index is 12.9. The Hall–Kier alpha value is -0.930. The minimum absolute atomic E-state index is 0.222. The molecule has 0 heterocycles. The van der Waals surface area contributed by atoms with E-state index >= 15 is 0 Å². The Morgan fingerprint density at radius 1 is 1.47 bits per heavy atom. The molecule has 84 valence electrons. The first-order valence-corrected chi connectivity index (χ1v) is 5.14. The van der Waals surface area contributed by atoms with Gasteiger partial charge in [-0.2, -0.15) is 0 Å². The van der Waals surface area contributed by atoms with E-state index < -0.39 is 5.54 Å². The molecule has 1 aromatic rings. The minimum Gasteiger partial charge on any atom is -0.380 e. The van der Waals surface area contributed by atoms with Crippen LogP contribution in [0.15, 0.2) is 24.3 Å². The Morgan fingerprint density at radius 2 is 2.20 bits per heavy atom. The molecule has 1 atom stereocenters. The summed E-state index contributed by atoms with van der Waals surface area (Å²) < 4.78 is 18.2. The summed E-state index contributed by atoms with van der Waals surface area (Å²) in [5.41, 5.74) is 6.50. The maximum atomic E-state index is 12.9. The van der Waals surface area contributed by atoms with E-state index in [0.29, 0.717) is 19.6 Å². The van der Waals surface area contributed by atoms with Crippen LogP contribution in [0.2, 0.25) is 0 Å². The highest BCUT2D eigenvalue weighted by Gasteiger charge is 2.19. The van der Waals surface area contributed by atoms with Gasteiger partial charge in [-0.3, -0.25) is 0 Å². The number of hydrogen-bond donors (Lipinski definition) is 1. The monoisotopic (exact) mass is 211 g/mol. The average Bonchev–Trinajstić information content (AvgIpc) is 2.14. The van der Waals surface area contributed by atoms with E-state index in [1.54, 1.807) is 6.07 Å². The minimum atomic E-state index is -0.441. The summed E-state index contributed by atoms with van der Waals surface area (Å²) in [5.74, 6) is -0.222. The number of ether oxygens (including phenoxy) is 1. The molecule has 1 unspecified atom stereocenters. The largest absolute Gasteiger partial charge is 0.380 e. The summed E-state index contributed by atoms with van der Waals surface area (Å²) >= 11 is 0. The molecule has 0 bridgehead atoms. The standard InChI is InChI=1S/C12H18FNO/c1-3-15-9-12(2,14)8-10-5-4-6-11(13)7-10/h4-7H,3,8-9,14H2,1-2H3. The van der Waals surface area contributed by atoms with Gasteiger partial charge in [-0.25, -0.2) is 4.39 Å². The van der Waals surface area contributed by atoms with Gasteiger partial charge in [-0.05, 0) is 38.0 Å². The summed E-state index contributed by atoms with van der Waals surface area (Å²) in [6, 6.07) is 6.51. The van der Waals surface area contributed by atoms with Gasteiger partial charge in [-0.15, -0.1) is 0 Å². The van der Waals surface area contributed by atoms with Crippen LogP contribution < -0.4 is 5.73 Å². The molecule has 0 amide bonds. The van der Waals surface area contributed by atoms with Gasteiger partial charge in [0, 0.05) is 12.1 Å². The first-order valence-electron chi connectivity index (χ1n) is 5.14. The molecule has 0 aliphatic carbocycles. The molecule has 2 nitrogen and oxygen atoms in total. The fourth-order valence-corrected chi connectivity index (χ4v) is 1.50. The zero-order chi connectivity index (χ0) is 11.3. The second kappa shape index (κ2) is 5.24. The van der Waals surface area contributed by atoms with Gasteiger partial charge in [0.15, 0.2) is 0 Å². The van der Waals surface area contributed by atoms with Crippen molar-refractivity contribution in [3.8, 4) is 0 Å². The number of hydrogen-bond acceptors (Lipinski definition) is 2. The van der Waals surface area contributed by atoms with Gasteiger partial charge in [-0.1, -0.05) is 12.1 Å². The Bertz CT molecular complexity index is 312. The SMILES string of the molecule is CCOCC(C)(N)Cc1cccc(F)c1. The molecule has 0 aliphatic heterocycles. The summed E-state index contributed by atoms with van der Waals surface area (Å²) in [5, 5.41) is 0. The normalized spacial score (nSPS) is 14.9. The van der Waals surface area contributed by atoms with Crippen molar-refractivity contribution in [3.05, 3.63) is 35.6 Å². The Balaban J connectivity index is 2.60. The fourth-order valence-electron chi connectivity index (χ4n) is 1.50. The second-order valence-electron chi connectivity index (χ2n) is 4.10. The van der Waals surface area contributed by atoms with Crippen molar-refractivity contribution in [3.63, 3.8) is 0 Å². The third kappa shape index (κ3) is 4.40. The van der Waals surface area contributed by atoms with Crippen LogP contribution in [0.25, 0.3) is 0 Å². The lowest BCUT2D eigenvalue weighted by molar-refractivity contribution is 0.101. The van der Waals surface area contributed by atoms with Crippen molar-refractivity contribution >= 4 is 0 Å². The molecular weight excluding hydrogens is 193 g/mol. The van der Waals surface area contributed by atoms with Crippen LogP contribution in [0.5, 0.6) is 0 Å². The van der Waals surface area contributed by atoms with E-state index in [0.717, 1.165) is 5.56 Å². The van der Waals surface area contributed by atoms with Gasteiger partial charge in [0.1, 0.15) is 5.82 Å². The smallest absolute Gasteiger partial charge is 0.123 e. The van der Waals surface area contributed by atoms with Crippen LogP contribution in [0.1, 0.15) is 19.4 Å². The summed E-state index contributed by atoms with van der Waals surface area (Å²) in [7, 11) is 0. The van der Waals surface area contributed by atoms with Crippen LogP contribution in [-0.2, 0) is 11.2 Å². The highest BCUT2D eigenvalue weighted by Crippen LogP contribution is 2.12. The quantitative estimate of drug-likeness (QED) is 0.809. The van der Waals surface area contributed by atoms with E-state index in [2.05, 4.69) is 0 Å². The lowest BCUT2D eigenvalue weighted by Gasteiger charge is -2.24. The molecule has 2 N–H and O–H groups in total. The van der Waals surface area contributed by atoms with Crippen LogP contribution >= 0.6 is 0 Å². The Kier molecular flexibility index (Phi) is 4.24. The molecule has 0 spiro atoms. The Morgan fingerprint density at radius 3 is 2.80 bits per heavy atom. The number of benzene rings is 1. The third-order valence-corrected chi connectivity index (χ3v) is 2.13. The molecule has 0 saturated heterocycles. The summed E-state index contributed by atoms with van der Waals surface area (Å²) in [4.78, 5) is 0. The van der Waals surface area contributed by atoms with Crippen molar-refractivity contribution in [1.82, 2.24) is 0 Å².